The summed E-state index contributed by atoms with van der Waals surface area (Å²) in [5, 5.41) is 1.35. The summed E-state index contributed by atoms with van der Waals surface area (Å²) >= 11 is 12.8. The fourth-order valence-corrected chi connectivity index (χ4v) is 5.05. The van der Waals surface area contributed by atoms with E-state index in [1.54, 1.807) is 10.6 Å². The number of carbonyl (C=O) groups excluding carboxylic acids is 1. The van der Waals surface area contributed by atoms with Crippen molar-refractivity contribution in [2.24, 2.45) is 12.8 Å². The van der Waals surface area contributed by atoms with Gasteiger partial charge in [-0.3, -0.25) is 4.79 Å². The molecule has 6 heteroatoms. The number of aromatic nitrogens is 1. The second-order valence-corrected chi connectivity index (χ2v) is 8.68. The summed E-state index contributed by atoms with van der Waals surface area (Å²) in [5.74, 6) is -0.289. The SMILES string of the molecule is Cc1cn(C)c(C(N)=O)c1-c1cccc(C2CN(C)Cc3c(Cl)cc(Cl)cc32)c1. The molecule has 0 saturated heterocycles. The molecule has 2 heterocycles. The highest BCUT2D eigenvalue weighted by Gasteiger charge is 2.28. The molecule has 0 fully saturated rings. The number of amides is 1. The van der Waals surface area contributed by atoms with Crippen LogP contribution < -0.4 is 5.73 Å². The Hall–Kier alpha value is -2.27. The van der Waals surface area contributed by atoms with Gasteiger partial charge in [0, 0.05) is 47.9 Å². The lowest BCUT2D eigenvalue weighted by atomic mass is 9.83. The van der Waals surface area contributed by atoms with Crippen LogP contribution in [0.1, 0.15) is 38.7 Å². The highest BCUT2D eigenvalue weighted by molar-refractivity contribution is 6.35. The van der Waals surface area contributed by atoms with Crippen LogP contribution in [-0.4, -0.2) is 29.0 Å². The van der Waals surface area contributed by atoms with Gasteiger partial charge < -0.3 is 15.2 Å². The Morgan fingerprint density at radius 1 is 1.17 bits per heavy atom. The lowest BCUT2D eigenvalue weighted by Gasteiger charge is -2.33. The van der Waals surface area contributed by atoms with Crippen molar-refractivity contribution >= 4 is 29.1 Å². The van der Waals surface area contributed by atoms with Crippen molar-refractivity contribution in [1.82, 2.24) is 9.47 Å². The van der Waals surface area contributed by atoms with Crippen molar-refractivity contribution in [1.29, 1.82) is 0 Å². The Kier molecular flexibility index (Phi) is 5.19. The number of nitrogens with two attached hydrogens (primary N) is 1. The Morgan fingerprint density at radius 3 is 2.66 bits per heavy atom. The molecule has 1 aromatic heterocycles. The number of hydrogen-bond acceptors (Lipinski definition) is 2. The van der Waals surface area contributed by atoms with E-state index in [0.717, 1.165) is 46.5 Å². The smallest absolute Gasteiger partial charge is 0.265 e. The number of primary amides is 1. The minimum absolute atomic E-state index is 0.140. The molecular formula is C23H23Cl2N3O. The number of benzene rings is 2. The number of nitrogens with zero attached hydrogens (tertiary/aromatic N) is 2. The van der Waals surface area contributed by atoms with Crippen molar-refractivity contribution in [3.8, 4) is 11.1 Å². The van der Waals surface area contributed by atoms with Crippen molar-refractivity contribution in [2.75, 3.05) is 13.6 Å². The number of hydrogen-bond donors (Lipinski definition) is 1. The zero-order chi connectivity index (χ0) is 20.9. The lowest BCUT2D eigenvalue weighted by Crippen LogP contribution is -2.31. The van der Waals surface area contributed by atoms with Crippen LogP contribution in [0.3, 0.4) is 0 Å². The minimum Gasteiger partial charge on any atom is -0.364 e. The average molecular weight is 428 g/mol. The van der Waals surface area contributed by atoms with Gasteiger partial charge in [0.1, 0.15) is 5.69 Å². The second-order valence-electron chi connectivity index (χ2n) is 7.84. The summed E-state index contributed by atoms with van der Waals surface area (Å²) in [5.41, 5.74) is 12.5. The van der Waals surface area contributed by atoms with Crippen LogP contribution >= 0.6 is 23.2 Å². The van der Waals surface area contributed by atoms with Gasteiger partial charge in [-0.15, -0.1) is 0 Å². The molecular weight excluding hydrogens is 405 g/mol. The second kappa shape index (κ2) is 7.52. The number of carbonyl (C=O) groups is 1. The molecule has 0 spiro atoms. The molecule has 0 radical (unpaired) electrons. The van der Waals surface area contributed by atoms with Gasteiger partial charge in [0.25, 0.3) is 5.91 Å². The fraction of sp³-hybridized carbons (Fsp3) is 0.261. The van der Waals surface area contributed by atoms with Crippen LogP contribution in [-0.2, 0) is 13.6 Å². The van der Waals surface area contributed by atoms with Crippen LogP contribution in [0, 0.1) is 6.92 Å². The van der Waals surface area contributed by atoms with E-state index in [9.17, 15) is 4.79 Å². The number of fused-ring (bicyclic) bond motifs is 1. The number of rotatable bonds is 3. The maximum absolute atomic E-state index is 12.1. The summed E-state index contributed by atoms with van der Waals surface area (Å²) in [7, 11) is 3.94. The molecule has 1 amide bonds. The fourth-order valence-electron chi connectivity index (χ4n) is 4.49. The molecule has 0 bridgehead atoms. The summed E-state index contributed by atoms with van der Waals surface area (Å²) in [6.07, 6.45) is 1.94. The van der Waals surface area contributed by atoms with E-state index in [2.05, 4.69) is 24.1 Å². The van der Waals surface area contributed by atoms with Crippen molar-refractivity contribution in [2.45, 2.75) is 19.4 Å². The Bertz CT molecular complexity index is 1120. The monoisotopic (exact) mass is 427 g/mol. The van der Waals surface area contributed by atoms with E-state index < -0.39 is 5.91 Å². The van der Waals surface area contributed by atoms with E-state index in [4.69, 9.17) is 28.9 Å². The quantitative estimate of drug-likeness (QED) is 0.640. The third-order valence-electron chi connectivity index (χ3n) is 5.67. The Labute approximate surface area is 180 Å². The normalized spacial score (nSPS) is 16.7. The van der Waals surface area contributed by atoms with Gasteiger partial charge in [-0.05, 0) is 53.9 Å². The highest BCUT2D eigenvalue weighted by Crippen LogP contribution is 2.40. The van der Waals surface area contributed by atoms with Crippen LogP contribution in [0.25, 0.3) is 11.1 Å². The molecule has 2 N–H and O–H groups in total. The van der Waals surface area contributed by atoms with Crippen LogP contribution in [0.15, 0.2) is 42.6 Å². The zero-order valence-corrected chi connectivity index (χ0v) is 18.2. The van der Waals surface area contributed by atoms with Gasteiger partial charge in [-0.2, -0.15) is 0 Å². The van der Waals surface area contributed by atoms with Crippen molar-refractivity contribution < 1.29 is 4.79 Å². The predicted octanol–water partition coefficient (Wildman–Crippen LogP) is 4.98. The van der Waals surface area contributed by atoms with Gasteiger partial charge in [-0.1, -0.05) is 47.5 Å². The molecule has 150 valence electrons. The average Bonchev–Trinajstić information content (AvgIpc) is 2.96. The van der Waals surface area contributed by atoms with E-state index in [1.165, 1.54) is 0 Å². The number of likely N-dealkylation sites (N-methyl/N-ethyl adjacent to an activating group) is 1. The van der Waals surface area contributed by atoms with E-state index in [1.807, 2.05) is 38.4 Å². The summed E-state index contributed by atoms with van der Waals surface area (Å²) in [6, 6.07) is 12.2. The van der Waals surface area contributed by atoms with Crippen molar-refractivity contribution in [3.63, 3.8) is 0 Å². The topological polar surface area (TPSA) is 51.3 Å². The standard InChI is InChI=1S/C23H23Cl2N3O/c1-13-10-28(3)22(23(26)29)21(13)15-6-4-5-14(7-15)18-11-27(2)12-19-17(18)8-16(24)9-20(19)25/h4-10,18H,11-12H2,1-3H3,(H2,26,29). The molecule has 4 rings (SSSR count). The molecule has 3 aromatic rings. The summed E-state index contributed by atoms with van der Waals surface area (Å²) in [6.45, 7) is 3.66. The number of aryl methyl sites for hydroxylation is 2. The number of halogens is 2. The molecule has 2 aromatic carbocycles. The Morgan fingerprint density at radius 2 is 1.93 bits per heavy atom. The first-order valence-corrected chi connectivity index (χ1v) is 10.2. The summed E-state index contributed by atoms with van der Waals surface area (Å²) in [4.78, 5) is 14.3. The maximum atomic E-state index is 12.1. The highest BCUT2D eigenvalue weighted by atomic mass is 35.5. The molecule has 4 nitrogen and oxygen atoms in total. The van der Waals surface area contributed by atoms with Crippen LogP contribution in [0.5, 0.6) is 0 Å². The third kappa shape index (κ3) is 3.57. The molecule has 29 heavy (non-hydrogen) atoms. The summed E-state index contributed by atoms with van der Waals surface area (Å²) < 4.78 is 1.79. The van der Waals surface area contributed by atoms with Crippen LogP contribution in [0.2, 0.25) is 10.0 Å². The van der Waals surface area contributed by atoms with Gasteiger partial charge in [0.2, 0.25) is 0 Å². The molecule has 1 atom stereocenters. The first kappa shape index (κ1) is 20.0. The Balaban J connectivity index is 1.86. The van der Waals surface area contributed by atoms with Crippen LogP contribution in [0.4, 0.5) is 0 Å². The van der Waals surface area contributed by atoms with Gasteiger partial charge in [-0.25, -0.2) is 0 Å². The first-order chi connectivity index (χ1) is 13.8. The molecule has 1 aliphatic rings. The third-order valence-corrected chi connectivity index (χ3v) is 6.23. The first-order valence-electron chi connectivity index (χ1n) is 9.48. The van der Waals surface area contributed by atoms with Gasteiger partial charge >= 0.3 is 0 Å². The van der Waals surface area contributed by atoms with E-state index in [0.29, 0.717) is 15.7 Å². The van der Waals surface area contributed by atoms with E-state index in [-0.39, 0.29) is 5.92 Å². The maximum Gasteiger partial charge on any atom is 0.265 e. The zero-order valence-electron chi connectivity index (χ0n) is 16.7. The van der Waals surface area contributed by atoms with E-state index >= 15 is 0 Å². The predicted molar refractivity (Wildman–Crippen MR) is 119 cm³/mol. The largest absolute Gasteiger partial charge is 0.364 e. The molecule has 0 aliphatic carbocycles. The molecule has 0 saturated carbocycles. The molecule has 1 aliphatic heterocycles. The molecule has 1 unspecified atom stereocenters. The van der Waals surface area contributed by atoms with Gasteiger partial charge in [0.05, 0.1) is 0 Å². The van der Waals surface area contributed by atoms with Crippen molar-refractivity contribution in [3.05, 3.63) is 80.6 Å². The minimum atomic E-state index is -0.428. The lowest BCUT2D eigenvalue weighted by molar-refractivity contribution is 0.0993. The van der Waals surface area contributed by atoms with Gasteiger partial charge in [0.15, 0.2) is 0 Å².